The molecule has 0 bridgehead atoms. The molecule has 5 nitrogen and oxygen atoms in total. The minimum absolute atomic E-state index is 0.0179. The summed E-state index contributed by atoms with van der Waals surface area (Å²) >= 11 is 0. The Bertz CT molecular complexity index is 671. The Kier molecular flexibility index (Phi) is 3.82. The lowest BCUT2D eigenvalue weighted by Gasteiger charge is -2.04. The molecule has 0 amide bonds. The number of carbonyl (C=O) groups is 1. The van der Waals surface area contributed by atoms with Crippen molar-refractivity contribution in [2.45, 2.75) is 18.6 Å². The number of carbonyl (C=O) groups excluding carboxylic acids is 1. The molecule has 0 radical (unpaired) electrons. The first-order valence-corrected chi connectivity index (χ1v) is 7.10. The van der Waals surface area contributed by atoms with Crippen LogP contribution in [0, 0.1) is 6.92 Å². The lowest BCUT2D eigenvalue weighted by Crippen LogP contribution is -2.22. The normalized spacial score (nSPS) is 11.4. The zero-order valence-corrected chi connectivity index (χ0v) is 11.1. The van der Waals surface area contributed by atoms with Crippen molar-refractivity contribution in [1.82, 2.24) is 4.72 Å². The van der Waals surface area contributed by atoms with Crippen LogP contribution in [0.15, 0.2) is 45.9 Å². The van der Waals surface area contributed by atoms with E-state index in [-0.39, 0.29) is 17.4 Å². The van der Waals surface area contributed by atoms with Crippen LogP contribution in [0.1, 0.15) is 21.7 Å². The highest BCUT2D eigenvalue weighted by atomic mass is 32.2. The summed E-state index contributed by atoms with van der Waals surface area (Å²) in [6, 6.07) is 10.1. The second kappa shape index (κ2) is 5.38. The highest BCUT2D eigenvalue weighted by Crippen LogP contribution is 2.13. The predicted octanol–water partition coefficient (Wildman–Crippen LogP) is 1.88. The smallest absolute Gasteiger partial charge is 0.274 e. The van der Waals surface area contributed by atoms with E-state index in [1.54, 1.807) is 0 Å². The largest absolute Gasteiger partial charge is 0.440 e. The molecule has 1 N–H and O–H groups in total. The standard InChI is InChI=1S/C13H13NO4S/c1-10-2-4-11(5-3-10)8-14-19(16,17)13-7-6-12(9-15)18-13/h2-7,9,14H,8H2,1H3. The van der Waals surface area contributed by atoms with Gasteiger partial charge >= 0.3 is 0 Å². The Labute approximate surface area is 111 Å². The third-order valence-corrected chi connectivity index (χ3v) is 3.84. The number of nitrogens with one attached hydrogen (secondary N) is 1. The number of rotatable bonds is 5. The van der Waals surface area contributed by atoms with Crippen molar-refractivity contribution in [2.75, 3.05) is 0 Å². The number of benzene rings is 1. The van der Waals surface area contributed by atoms with Crippen LogP contribution in [-0.2, 0) is 16.6 Å². The summed E-state index contributed by atoms with van der Waals surface area (Å²) in [5, 5.41) is -0.262. The number of sulfonamides is 1. The first-order chi connectivity index (χ1) is 9.01. The maximum Gasteiger partial charge on any atom is 0.274 e. The van der Waals surface area contributed by atoms with Crippen LogP contribution in [-0.4, -0.2) is 14.7 Å². The molecule has 0 spiro atoms. The van der Waals surface area contributed by atoms with Gasteiger partial charge in [-0.15, -0.1) is 0 Å². The van der Waals surface area contributed by atoms with Gasteiger partial charge in [-0.3, -0.25) is 4.79 Å². The fraction of sp³-hybridized carbons (Fsp3) is 0.154. The average Bonchev–Trinajstić information content (AvgIpc) is 2.88. The van der Waals surface area contributed by atoms with Gasteiger partial charge in [-0.25, -0.2) is 13.1 Å². The molecule has 1 heterocycles. The topological polar surface area (TPSA) is 76.4 Å². The summed E-state index contributed by atoms with van der Waals surface area (Å²) in [5.41, 5.74) is 1.95. The van der Waals surface area contributed by atoms with Crippen molar-refractivity contribution in [3.63, 3.8) is 0 Å². The maximum absolute atomic E-state index is 11.9. The van der Waals surface area contributed by atoms with Gasteiger partial charge in [0, 0.05) is 6.54 Å². The van der Waals surface area contributed by atoms with Crippen molar-refractivity contribution in [2.24, 2.45) is 0 Å². The summed E-state index contributed by atoms with van der Waals surface area (Å²) in [6.07, 6.45) is 0.457. The molecule has 19 heavy (non-hydrogen) atoms. The van der Waals surface area contributed by atoms with Crippen LogP contribution in [0.25, 0.3) is 0 Å². The van der Waals surface area contributed by atoms with Crippen LogP contribution < -0.4 is 4.72 Å². The molecule has 0 saturated carbocycles. The highest BCUT2D eigenvalue weighted by molar-refractivity contribution is 7.89. The fourth-order valence-electron chi connectivity index (χ4n) is 1.50. The molecule has 0 aliphatic carbocycles. The molecule has 2 rings (SSSR count). The lowest BCUT2D eigenvalue weighted by molar-refractivity contribution is 0.109. The lowest BCUT2D eigenvalue weighted by atomic mass is 10.2. The molecule has 0 saturated heterocycles. The summed E-state index contributed by atoms with van der Waals surface area (Å²) < 4.78 is 31.1. The average molecular weight is 279 g/mol. The Morgan fingerprint density at radius 1 is 1.16 bits per heavy atom. The van der Waals surface area contributed by atoms with E-state index in [4.69, 9.17) is 4.42 Å². The molecule has 6 heteroatoms. The summed E-state index contributed by atoms with van der Waals surface area (Å²) in [7, 11) is -3.73. The van der Waals surface area contributed by atoms with E-state index in [1.807, 2.05) is 31.2 Å². The molecule has 0 aliphatic heterocycles. The van der Waals surface area contributed by atoms with Gasteiger partial charge in [0.25, 0.3) is 10.0 Å². The van der Waals surface area contributed by atoms with Crippen molar-refractivity contribution >= 4 is 16.3 Å². The molecule has 2 aromatic rings. The summed E-state index contributed by atoms with van der Waals surface area (Å²) in [5.74, 6) is -0.0179. The Hall–Kier alpha value is -1.92. The van der Waals surface area contributed by atoms with Crippen LogP contribution in [0.5, 0.6) is 0 Å². The molecule has 0 atom stereocenters. The van der Waals surface area contributed by atoms with Crippen molar-refractivity contribution < 1.29 is 17.6 Å². The van der Waals surface area contributed by atoms with Gasteiger partial charge in [0.2, 0.25) is 5.09 Å². The molecule has 0 fully saturated rings. The van der Waals surface area contributed by atoms with E-state index < -0.39 is 10.0 Å². The molecular formula is C13H13NO4S. The van der Waals surface area contributed by atoms with Crippen molar-refractivity contribution in [3.8, 4) is 0 Å². The van der Waals surface area contributed by atoms with Crippen LogP contribution >= 0.6 is 0 Å². The van der Waals surface area contributed by atoms with Gasteiger partial charge in [0.05, 0.1) is 0 Å². The van der Waals surface area contributed by atoms with Gasteiger partial charge in [-0.2, -0.15) is 0 Å². The fourth-order valence-corrected chi connectivity index (χ4v) is 2.45. The van der Waals surface area contributed by atoms with Gasteiger partial charge in [0.1, 0.15) is 0 Å². The van der Waals surface area contributed by atoms with E-state index in [9.17, 15) is 13.2 Å². The SMILES string of the molecule is Cc1ccc(CNS(=O)(=O)c2ccc(C=O)o2)cc1. The van der Waals surface area contributed by atoms with Crippen LogP contribution in [0.3, 0.4) is 0 Å². The highest BCUT2D eigenvalue weighted by Gasteiger charge is 2.18. The summed E-state index contributed by atoms with van der Waals surface area (Å²) in [4.78, 5) is 10.4. The number of hydrogen-bond donors (Lipinski definition) is 1. The van der Waals surface area contributed by atoms with E-state index in [1.165, 1.54) is 12.1 Å². The van der Waals surface area contributed by atoms with Gasteiger partial charge in [-0.1, -0.05) is 29.8 Å². The van der Waals surface area contributed by atoms with E-state index in [0.29, 0.717) is 6.29 Å². The minimum atomic E-state index is -3.73. The second-order valence-electron chi connectivity index (χ2n) is 4.08. The van der Waals surface area contributed by atoms with Crippen molar-refractivity contribution in [3.05, 3.63) is 53.3 Å². The first kappa shape index (κ1) is 13.5. The van der Waals surface area contributed by atoms with E-state index in [0.717, 1.165) is 11.1 Å². The van der Waals surface area contributed by atoms with Gasteiger partial charge in [0.15, 0.2) is 12.0 Å². The van der Waals surface area contributed by atoms with E-state index in [2.05, 4.69) is 4.72 Å². The number of hydrogen-bond acceptors (Lipinski definition) is 4. The third-order valence-electron chi connectivity index (χ3n) is 2.57. The molecule has 0 aliphatic rings. The van der Waals surface area contributed by atoms with Crippen LogP contribution in [0.4, 0.5) is 0 Å². The molecular weight excluding hydrogens is 266 g/mol. The Morgan fingerprint density at radius 3 is 2.42 bits per heavy atom. The second-order valence-corrected chi connectivity index (χ2v) is 5.78. The van der Waals surface area contributed by atoms with Crippen molar-refractivity contribution in [1.29, 1.82) is 0 Å². The quantitative estimate of drug-likeness (QED) is 0.848. The molecule has 100 valence electrons. The summed E-state index contributed by atoms with van der Waals surface area (Å²) in [6.45, 7) is 2.12. The number of furan rings is 1. The third kappa shape index (κ3) is 3.30. The molecule has 0 unspecified atom stereocenters. The van der Waals surface area contributed by atoms with Crippen LogP contribution in [0.2, 0.25) is 0 Å². The van der Waals surface area contributed by atoms with Gasteiger partial charge < -0.3 is 4.42 Å². The Morgan fingerprint density at radius 2 is 1.84 bits per heavy atom. The first-order valence-electron chi connectivity index (χ1n) is 5.61. The zero-order chi connectivity index (χ0) is 13.9. The van der Waals surface area contributed by atoms with Gasteiger partial charge in [-0.05, 0) is 24.6 Å². The monoisotopic (exact) mass is 279 g/mol. The predicted molar refractivity (Wildman–Crippen MR) is 69.3 cm³/mol. The minimum Gasteiger partial charge on any atom is -0.440 e. The number of aldehydes is 1. The molecule has 1 aromatic carbocycles. The maximum atomic E-state index is 11.9. The Balaban J connectivity index is 2.09. The van der Waals surface area contributed by atoms with E-state index >= 15 is 0 Å². The zero-order valence-electron chi connectivity index (χ0n) is 10.3. The molecule has 1 aromatic heterocycles. The number of aryl methyl sites for hydroxylation is 1.